The third kappa shape index (κ3) is 3.56. The van der Waals surface area contributed by atoms with E-state index in [1.54, 1.807) is 19.1 Å². The van der Waals surface area contributed by atoms with Crippen molar-refractivity contribution in [2.45, 2.75) is 6.92 Å². The summed E-state index contributed by atoms with van der Waals surface area (Å²) in [5, 5.41) is 14.1. The van der Waals surface area contributed by atoms with Crippen molar-refractivity contribution in [1.29, 1.82) is 0 Å². The number of aromatic carboxylic acids is 1. The average molecular weight is 288 g/mol. The molecule has 0 bridgehead atoms. The number of amides is 2. The second kappa shape index (κ2) is 6.04. The van der Waals surface area contributed by atoms with Crippen LogP contribution in [0.5, 0.6) is 0 Å². The molecule has 0 saturated carbocycles. The molecule has 0 atom stereocenters. The molecule has 5 nitrogen and oxygen atoms in total. The van der Waals surface area contributed by atoms with Crippen molar-refractivity contribution in [3.63, 3.8) is 0 Å². The summed E-state index contributed by atoms with van der Waals surface area (Å²) in [6.07, 6.45) is 0. The molecule has 0 saturated heterocycles. The molecule has 0 heterocycles. The number of urea groups is 1. The Morgan fingerprint density at radius 2 is 1.71 bits per heavy atom. The third-order valence-corrected chi connectivity index (χ3v) is 2.91. The quantitative estimate of drug-likeness (QED) is 0.809. The molecule has 0 radical (unpaired) electrons. The Labute approximate surface area is 120 Å². The van der Waals surface area contributed by atoms with E-state index in [-0.39, 0.29) is 5.56 Å². The predicted molar refractivity (Wildman–Crippen MR) is 77.2 cm³/mol. The molecule has 0 fully saturated rings. The van der Waals surface area contributed by atoms with Crippen molar-refractivity contribution < 1.29 is 19.1 Å². The zero-order valence-corrected chi connectivity index (χ0v) is 11.2. The molecule has 2 amide bonds. The van der Waals surface area contributed by atoms with Gasteiger partial charge in [0.1, 0.15) is 5.82 Å². The number of nitrogens with one attached hydrogen (secondary N) is 2. The van der Waals surface area contributed by atoms with Crippen LogP contribution in [0.15, 0.2) is 42.5 Å². The van der Waals surface area contributed by atoms with Gasteiger partial charge in [-0.2, -0.15) is 0 Å². The number of carbonyl (C=O) groups excluding carboxylic acids is 1. The fourth-order valence-electron chi connectivity index (χ4n) is 1.82. The molecule has 0 unspecified atom stereocenters. The second-order valence-corrected chi connectivity index (χ2v) is 4.37. The van der Waals surface area contributed by atoms with E-state index < -0.39 is 17.8 Å². The average Bonchev–Trinajstić information content (AvgIpc) is 2.43. The van der Waals surface area contributed by atoms with E-state index in [1.807, 2.05) is 0 Å². The lowest BCUT2D eigenvalue weighted by Gasteiger charge is -2.11. The summed E-state index contributed by atoms with van der Waals surface area (Å²) in [6.45, 7) is 1.61. The molecular formula is C15H13FN2O3. The van der Waals surface area contributed by atoms with Gasteiger partial charge in [0.25, 0.3) is 0 Å². The standard InChI is InChI=1S/C15H13FN2O3/c1-9-12(14(19)20)3-2-4-13(9)18-15(21)17-11-7-5-10(16)6-8-11/h2-8H,1H3,(H,19,20)(H2,17,18,21). The van der Waals surface area contributed by atoms with Gasteiger partial charge in [-0.25, -0.2) is 14.0 Å². The first-order valence-electron chi connectivity index (χ1n) is 6.14. The van der Waals surface area contributed by atoms with Crippen molar-refractivity contribution in [2.75, 3.05) is 10.6 Å². The normalized spacial score (nSPS) is 10.0. The van der Waals surface area contributed by atoms with Gasteiger partial charge >= 0.3 is 12.0 Å². The minimum absolute atomic E-state index is 0.120. The minimum Gasteiger partial charge on any atom is -0.478 e. The van der Waals surface area contributed by atoms with E-state index in [9.17, 15) is 14.0 Å². The van der Waals surface area contributed by atoms with Gasteiger partial charge in [0.2, 0.25) is 0 Å². The van der Waals surface area contributed by atoms with Crippen molar-refractivity contribution >= 4 is 23.4 Å². The number of hydrogen-bond donors (Lipinski definition) is 3. The molecule has 6 heteroatoms. The Balaban J connectivity index is 2.11. The molecule has 0 aromatic heterocycles. The van der Waals surface area contributed by atoms with Gasteiger partial charge in [-0.1, -0.05) is 6.07 Å². The van der Waals surface area contributed by atoms with Gasteiger partial charge in [-0.05, 0) is 48.9 Å². The number of benzene rings is 2. The molecule has 108 valence electrons. The molecule has 0 aliphatic heterocycles. The monoisotopic (exact) mass is 288 g/mol. The number of rotatable bonds is 3. The number of anilines is 2. The zero-order chi connectivity index (χ0) is 15.4. The highest BCUT2D eigenvalue weighted by Gasteiger charge is 2.11. The SMILES string of the molecule is Cc1c(NC(=O)Nc2ccc(F)cc2)cccc1C(=O)O. The van der Waals surface area contributed by atoms with Crippen LogP contribution in [0.25, 0.3) is 0 Å². The van der Waals surface area contributed by atoms with Crippen LogP contribution in [-0.2, 0) is 0 Å². The van der Waals surface area contributed by atoms with Crippen LogP contribution in [0.1, 0.15) is 15.9 Å². The molecule has 2 aromatic rings. The fraction of sp³-hybridized carbons (Fsp3) is 0.0667. The fourth-order valence-corrected chi connectivity index (χ4v) is 1.82. The van der Waals surface area contributed by atoms with Gasteiger partial charge in [-0.3, -0.25) is 0 Å². The van der Waals surface area contributed by atoms with Gasteiger partial charge in [0.05, 0.1) is 5.56 Å². The lowest BCUT2D eigenvalue weighted by molar-refractivity contribution is 0.0696. The molecule has 2 aromatic carbocycles. The summed E-state index contributed by atoms with van der Waals surface area (Å²) in [7, 11) is 0. The largest absolute Gasteiger partial charge is 0.478 e. The van der Waals surface area contributed by atoms with Crippen molar-refractivity contribution in [2.24, 2.45) is 0 Å². The summed E-state index contributed by atoms with van der Waals surface area (Å²) < 4.78 is 12.8. The molecule has 0 aliphatic carbocycles. The molecule has 0 aliphatic rings. The molecule has 0 spiro atoms. The van der Waals surface area contributed by atoms with Crippen LogP contribution in [0.3, 0.4) is 0 Å². The lowest BCUT2D eigenvalue weighted by atomic mass is 10.1. The maximum atomic E-state index is 12.8. The Bertz CT molecular complexity index is 684. The minimum atomic E-state index is -1.06. The first-order chi connectivity index (χ1) is 9.97. The van der Waals surface area contributed by atoms with E-state index in [0.29, 0.717) is 16.9 Å². The van der Waals surface area contributed by atoms with E-state index in [1.165, 1.54) is 30.3 Å². The topological polar surface area (TPSA) is 78.4 Å². The Kier molecular flexibility index (Phi) is 4.18. The second-order valence-electron chi connectivity index (χ2n) is 4.37. The number of hydrogen-bond acceptors (Lipinski definition) is 2. The third-order valence-electron chi connectivity index (χ3n) is 2.91. The van der Waals surface area contributed by atoms with Gasteiger partial charge < -0.3 is 15.7 Å². The summed E-state index contributed by atoms with van der Waals surface area (Å²) >= 11 is 0. The maximum Gasteiger partial charge on any atom is 0.336 e. The van der Waals surface area contributed by atoms with Gasteiger partial charge in [-0.15, -0.1) is 0 Å². The van der Waals surface area contributed by atoms with Crippen LogP contribution in [0.4, 0.5) is 20.6 Å². The van der Waals surface area contributed by atoms with Gasteiger partial charge in [0, 0.05) is 11.4 Å². The van der Waals surface area contributed by atoms with Crippen molar-refractivity contribution in [3.05, 3.63) is 59.4 Å². The van der Waals surface area contributed by atoms with Crippen LogP contribution in [0, 0.1) is 12.7 Å². The summed E-state index contributed by atoms with van der Waals surface area (Å²) in [5.41, 5.74) is 1.41. The lowest BCUT2D eigenvalue weighted by Crippen LogP contribution is -2.20. The first kappa shape index (κ1) is 14.5. The van der Waals surface area contributed by atoms with Gasteiger partial charge in [0.15, 0.2) is 0 Å². The maximum absolute atomic E-state index is 12.8. The first-order valence-corrected chi connectivity index (χ1v) is 6.14. The Morgan fingerprint density at radius 3 is 2.33 bits per heavy atom. The van der Waals surface area contributed by atoms with E-state index in [4.69, 9.17) is 5.11 Å². The van der Waals surface area contributed by atoms with Crippen molar-refractivity contribution in [1.82, 2.24) is 0 Å². The summed E-state index contributed by atoms with van der Waals surface area (Å²) in [4.78, 5) is 22.9. The van der Waals surface area contributed by atoms with Crippen LogP contribution in [-0.4, -0.2) is 17.1 Å². The number of halogens is 1. The molecule has 3 N–H and O–H groups in total. The molecule has 21 heavy (non-hydrogen) atoms. The molecular weight excluding hydrogens is 275 g/mol. The highest BCUT2D eigenvalue weighted by molar-refractivity contribution is 6.01. The van der Waals surface area contributed by atoms with Crippen molar-refractivity contribution in [3.8, 4) is 0 Å². The Morgan fingerprint density at radius 1 is 1.05 bits per heavy atom. The van der Waals surface area contributed by atoms with E-state index in [0.717, 1.165) is 0 Å². The van der Waals surface area contributed by atoms with Crippen LogP contribution < -0.4 is 10.6 Å². The smallest absolute Gasteiger partial charge is 0.336 e. The summed E-state index contributed by atoms with van der Waals surface area (Å²) in [6, 6.07) is 9.38. The van der Waals surface area contributed by atoms with E-state index in [2.05, 4.69) is 10.6 Å². The highest BCUT2D eigenvalue weighted by atomic mass is 19.1. The van der Waals surface area contributed by atoms with E-state index >= 15 is 0 Å². The number of carbonyl (C=O) groups is 2. The number of carboxylic acids is 1. The predicted octanol–water partition coefficient (Wildman–Crippen LogP) is 3.48. The number of carboxylic acid groups (broad SMARTS) is 1. The Hall–Kier alpha value is -2.89. The van der Waals surface area contributed by atoms with Crippen LogP contribution >= 0.6 is 0 Å². The zero-order valence-electron chi connectivity index (χ0n) is 11.2. The summed E-state index contributed by atoms with van der Waals surface area (Å²) in [5.74, 6) is -1.46. The highest BCUT2D eigenvalue weighted by Crippen LogP contribution is 2.19. The van der Waals surface area contributed by atoms with Crippen LogP contribution in [0.2, 0.25) is 0 Å². The molecule has 2 rings (SSSR count).